The van der Waals surface area contributed by atoms with E-state index in [1.165, 1.54) is 5.56 Å². The zero-order chi connectivity index (χ0) is 14.3. The van der Waals surface area contributed by atoms with Gasteiger partial charge in [-0.1, -0.05) is 13.8 Å². The van der Waals surface area contributed by atoms with Crippen LogP contribution >= 0.6 is 15.9 Å². The van der Waals surface area contributed by atoms with E-state index in [-0.39, 0.29) is 5.60 Å². The Hall–Kier alpha value is -0.450. The first-order chi connectivity index (χ1) is 9.11. The molecule has 0 aliphatic carbocycles. The highest BCUT2D eigenvalue weighted by Gasteiger charge is 2.35. The van der Waals surface area contributed by atoms with Crippen LogP contribution in [0.4, 0.5) is 0 Å². The molecule has 0 saturated carbocycles. The Morgan fingerprint density at radius 3 is 2.47 bits per heavy atom. The van der Waals surface area contributed by atoms with E-state index in [0.717, 1.165) is 30.3 Å². The summed E-state index contributed by atoms with van der Waals surface area (Å²) in [6.45, 7) is 7.20. The maximum Gasteiger partial charge on any atom is 0.0832 e. The number of ether oxygens (including phenoxy) is 1. The summed E-state index contributed by atoms with van der Waals surface area (Å²) in [5.41, 5.74) is 1.12. The molecule has 1 unspecified atom stereocenters. The van der Waals surface area contributed by atoms with Crippen molar-refractivity contribution < 1.29 is 4.74 Å². The molecule has 1 rings (SSSR count). The number of pyridine rings is 1. The van der Waals surface area contributed by atoms with E-state index in [9.17, 15) is 0 Å². The van der Waals surface area contributed by atoms with Crippen molar-refractivity contribution in [2.45, 2.75) is 51.7 Å². The van der Waals surface area contributed by atoms with Gasteiger partial charge in [-0.15, -0.1) is 0 Å². The summed E-state index contributed by atoms with van der Waals surface area (Å²) in [6.07, 6.45) is 6.67. The molecule has 108 valence electrons. The van der Waals surface area contributed by atoms with Crippen molar-refractivity contribution in [3.05, 3.63) is 28.5 Å². The number of hydrogen-bond donors (Lipinski definition) is 1. The highest BCUT2D eigenvalue weighted by molar-refractivity contribution is 9.10. The lowest BCUT2D eigenvalue weighted by Gasteiger charge is -2.39. The summed E-state index contributed by atoms with van der Waals surface area (Å²) >= 11 is 3.48. The van der Waals surface area contributed by atoms with Crippen LogP contribution in [0.15, 0.2) is 22.9 Å². The quantitative estimate of drug-likeness (QED) is 0.792. The van der Waals surface area contributed by atoms with Gasteiger partial charge in [0.1, 0.15) is 0 Å². The second kappa shape index (κ2) is 7.98. The van der Waals surface area contributed by atoms with E-state index >= 15 is 0 Å². The second-order valence-corrected chi connectivity index (χ2v) is 5.68. The van der Waals surface area contributed by atoms with E-state index in [1.807, 2.05) is 19.4 Å². The van der Waals surface area contributed by atoms with E-state index < -0.39 is 0 Å². The molecule has 0 aliphatic rings. The summed E-state index contributed by atoms with van der Waals surface area (Å²) in [5, 5.41) is 3.43. The minimum Gasteiger partial charge on any atom is -0.374 e. The van der Waals surface area contributed by atoms with Crippen LogP contribution in [0.2, 0.25) is 0 Å². The van der Waals surface area contributed by atoms with Gasteiger partial charge in [0.25, 0.3) is 0 Å². The SMILES string of the molecule is CCOC(CC)(CC)C(Cc1cncc(Br)c1)NC. The Labute approximate surface area is 125 Å². The molecule has 19 heavy (non-hydrogen) atoms. The minimum atomic E-state index is -0.105. The zero-order valence-corrected chi connectivity index (χ0v) is 14.0. The van der Waals surface area contributed by atoms with Gasteiger partial charge in [-0.3, -0.25) is 4.98 Å². The van der Waals surface area contributed by atoms with Gasteiger partial charge in [-0.25, -0.2) is 0 Å². The van der Waals surface area contributed by atoms with Crippen molar-refractivity contribution in [2.24, 2.45) is 0 Å². The second-order valence-electron chi connectivity index (χ2n) is 4.76. The largest absolute Gasteiger partial charge is 0.374 e. The predicted octanol–water partition coefficient (Wildman–Crippen LogP) is 3.57. The molecule has 0 fully saturated rings. The maximum absolute atomic E-state index is 6.09. The molecule has 1 heterocycles. The highest BCUT2D eigenvalue weighted by Crippen LogP contribution is 2.27. The van der Waals surface area contributed by atoms with Crippen molar-refractivity contribution in [2.75, 3.05) is 13.7 Å². The van der Waals surface area contributed by atoms with Crippen LogP contribution in [0.25, 0.3) is 0 Å². The van der Waals surface area contributed by atoms with Crippen LogP contribution in [-0.2, 0) is 11.2 Å². The number of hydrogen-bond acceptors (Lipinski definition) is 3. The van der Waals surface area contributed by atoms with E-state index in [4.69, 9.17) is 4.74 Å². The summed E-state index contributed by atoms with van der Waals surface area (Å²) in [4.78, 5) is 4.24. The summed E-state index contributed by atoms with van der Waals surface area (Å²) in [6, 6.07) is 2.41. The molecule has 3 nitrogen and oxygen atoms in total. The minimum absolute atomic E-state index is 0.105. The lowest BCUT2D eigenvalue weighted by Crippen LogP contribution is -2.52. The van der Waals surface area contributed by atoms with Gasteiger partial charge in [0.05, 0.1) is 5.60 Å². The van der Waals surface area contributed by atoms with Crippen LogP contribution in [-0.4, -0.2) is 30.3 Å². The predicted molar refractivity (Wildman–Crippen MR) is 83.4 cm³/mol. The number of nitrogens with zero attached hydrogens (tertiary/aromatic N) is 1. The van der Waals surface area contributed by atoms with Gasteiger partial charge in [0.15, 0.2) is 0 Å². The van der Waals surface area contributed by atoms with E-state index in [2.05, 4.69) is 53.1 Å². The molecule has 0 spiro atoms. The smallest absolute Gasteiger partial charge is 0.0832 e. The average Bonchev–Trinajstić information content (AvgIpc) is 2.43. The van der Waals surface area contributed by atoms with E-state index in [0.29, 0.717) is 6.04 Å². The molecular weight excluding hydrogens is 304 g/mol. The van der Waals surface area contributed by atoms with Gasteiger partial charge in [0, 0.05) is 29.5 Å². The summed E-state index contributed by atoms with van der Waals surface area (Å²) < 4.78 is 7.11. The molecule has 1 aromatic rings. The van der Waals surface area contributed by atoms with Crippen molar-refractivity contribution in [3.8, 4) is 0 Å². The Morgan fingerprint density at radius 1 is 1.32 bits per heavy atom. The zero-order valence-electron chi connectivity index (χ0n) is 12.4. The van der Waals surface area contributed by atoms with Crippen molar-refractivity contribution in [1.29, 1.82) is 0 Å². The topological polar surface area (TPSA) is 34.1 Å². The summed E-state index contributed by atoms with van der Waals surface area (Å²) in [5.74, 6) is 0. The standard InChI is InChI=1S/C15H25BrN2O/c1-5-15(6-2,19-7-3)14(17-4)9-12-8-13(16)11-18-10-12/h8,10-11,14,17H,5-7,9H2,1-4H3. The normalized spacial score (nSPS) is 13.5. The van der Waals surface area contributed by atoms with Gasteiger partial charge < -0.3 is 10.1 Å². The molecule has 0 amide bonds. The Kier molecular flexibility index (Phi) is 6.97. The molecule has 1 atom stereocenters. The van der Waals surface area contributed by atoms with Gasteiger partial charge >= 0.3 is 0 Å². The molecule has 0 aliphatic heterocycles. The average molecular weight is 329 g/mol. The molecule has 1 N–H and O–H groups in total. The highest BCUT2D eigenvalue weighted by atomic mass is 79.9. The monoisotopic (exact) mass is 328 g/mol. The fourth-order valence-corrected chi connectivity index (χ4v) is 3.10. The first kappa shape index (κ1) is 16.6. The lowest BCUT2D eigenvalue weighted by atomic mass is 9.84. The van der Waals surface area contributed by atoms with Crippen LogP contribution in [0.3, 0.4) is 0 Å². The third-order valence-electron chi connectivity index (χ3n) is 3.81. The fraction of sp³-hybridized carbons (Fsp3) is 0.667. The number of rotatable bonds is 8. The van der Waals surface area contributed by atoms with Gasteiger partial charge in [-0.2, -0.15) is 0 Å². The van der Waals surface area contributed by atoms with Crippen molar-refractivity contribution in [3.63, 3.8) is 0 Å². The molecule has 0 bridgehead atoms. The van der Waals surface area contributed by atoms with Crippen molar-refractivity contribution >= 4 is 15.9 Å². The van der Waals surface area contributed by atoms with Crippen LogP contribution in [0, 0.1) is 0 Å². The van der Waals surface area contributed by atoms with Crippen LogP contribution < -0.4 is 5.32 Å². The number of halogens is 1. The first-order valence-electron chi connectivity index (χ1n) is 7.02. The maximum atomic E-state index is 6.09. The molecule has 0 saturated heterocycles. The lowest BCUT2D eigenvalue weighted by molar-refractivity contribution is -0.0703. The molecule has 0 radical (unpaired) electrons. The molecule has 1 aromatic heterocycles. The van der Waals surface area contributed by atoms with Crippen LogP contribution in [0.1, 0.15) is 39.2 Å². The number of nitrogens with one attached hydrogen (secondary N) is 1. The Morgan fingerprint density at radius 2 is 2.00 bits per heavy atom. The van der Waals surface area contributed by atoms with Crippen LogP contribution in [0.5, 0.6) is 0 Å². The van der Waals surface area contributed by atoms with E-state index in [1.54, 1.807) is 0 Å². The Bertz CT molecular complexity index is 380. The molecule has 0 aromatic carbocycles. The third kappa shape index (κ3) is 4.26. The van der Waals surface area contributed by atoms with Gasteiger partial charge in [0.2, 0.25) is 0 Å². The van der Waals surface area contributed by atoms with Crippen molar-refractivity contribution in [1.82, 2.24) is 10.3 Å². The number of aromatic nitrogens is 1. The first-order valence-corrected chi connectivity index (χ1v) is 7.81. The molecule has 4 heteroatoms. The van der Waals surface area contributed by atoms with Gasteiger partial charge in [-0.05, 0) is 60.8 Å². The third-order valence-corrected chi connectivity index (χ3v) is 4.25. The Balaban J connectivity index is 2.91. The molecular formula is C15H25BrN2O. The number of likely N-dealkylation sites (N-methyl/N-ethyl adjacent to an activating group) is 1. The summed E-state index contributed by atoms with van der Waals surface area (Å²) in [7, 11) is 2.01. The fourth-order valence-electron chi connectivity index (χ4n) is 2.69.